The summed E-state index contributed by atoms with van der Waals surface area (Å²) in [6.07, 6.45) is 1.52. The SMILES string of the molecule is COCCn1c(C)cc(/C=C2\C(=O)NC(=O)N(Cc3ccccc3Cl)C2=O)c1C. The molecule has 2 heterocycles. The van der Waals surface area contributed by atoms with Crippen molar-refractivity contribution in [3.63, 3.8) is 0 Å². The molecule has 1 N–H and O–H groups in total. The van der Waals surface area contributed by atoms with Gasteiger partial charge >= 0.3 is 6.03 Å². The van der Waals surface area contributed by atoms with Crippen molar-refractivity contribution in [1.82, 2.24) is 14.8 Å². The Morgan fingerprint density at radius 1 is 1.17 bits per heavy atom. The van der Waals surface area contributed by atoms with Gasteiger partial charge in [-0.1, -0.05) is 29.8 Å². The van der Waals surface area contributed by atoms with Crippen LogP contribution in [-0.2, 0) is 27.4 Å². The minimum absolute atomic E-state index is 0.0260. The van der Waals surface area contributed by atoms with E-state index >= 15 is 0 Å². The lowest BCUT2D eigenvalue weighted by Gasteiger charge is -2.26. The van der Waals surface area contributed by atoms with E-state index in [0.29, 0.717) is 23.7 Å². The fraction of sp³-hybridized carbons (Fsp3) is 0.286. The molecule has 0 bridgehead atoms. The van der Waals surface area contributed by atoms with E-state index in [-0.39, 0.29) is 12.1 Å². The van der Waals surface area contributed by atoms with E-state index in [2.05, 4.69) is 5.32 Å². The summed E-state index contributed by atoms with van der Waals surface area (Å²) in [7, 11) is 1.63. The Morgan fingerprint density at radius 3 is 2.59 bits per heavy atom. The van der Waals surface area contributed by atoms with E-state index in [1.807, 2.05) is 24.5 Å². The van der Waals surface area contributed by atoms with Crippen molar-refractivity contribution in [2.24, 2.45) is 0 Å². The average molecular weight is 416 g/mol. The zero-order chi connectivity index (χ0) is 21.1. The molecule has 0 unspecified atom stereocenters. The van der Waals surface area contributed by atoms with E-state index in [0.717, 1.165) is 21.9 Å². The number of methoxy groups -OCH3 is 1. The molecule has 1 fully saturated rings. The minimum Gasteiger partial charge on any atom is -0.383 e. The Labute approximate surface area is 173 Å². The third kappa shape index (κ3) is 4.26. The molecule has 1 saturated heterocycles. The van der Waals surface area contributed by atoms with Gasteiger partial charge in [0.1, 0.15) is 5.57 Å². The molecule has 1 aliphatic rings. The van der Waals surface area contributed by atoms with Gasteiger partial charge in [-0.05, 0) is 43.2 Å². The molecule has 8 heteroatoms. The molecule has 0 radical (unpaired) electrons. The molecule has 4 amide bonds. The predicted molar refractivity (Wildman–Crippen MR) is 109 cm³/mol. The summed E-state index contributed by atoms with van der Waals surface area (Å²) in [5.41, 5.74) is 3.15. The predicted octanol–water partition coefficient (Wildman–Crippen LogP) is 3.07. The number of hydrogen-bond donors (Lipinski definition) is 1. The van der Waals surface area contributed by atoms with Crippen LogP contribution in [0.1, 0.15) is 22.5 Å². The highest BCUT2D eigenvalue weighted by atomic mass is 35.5. The zero-order valence-corrected chi connectivity index (χ0v) is 17.2. The molecular weight excluding hydrogens is 394 g/mol. The van der Waals surface area contributed by atoms with Gasteiger partial charge < -0.3 is 9.30 Å². The van der Waals surface area contributed by atoms with E-state index in [1.165, 1.54) is 6.08 Å². The van der Waals surface area contributed by atoms with Gasteiger partial charge in [0.05, 0.1) is 13.2 Å². The van der Waals surface area contributed by atoms with Crippen molar-refractivity contribution >= 4 is 35.5 Å². The first-order chi connectivity index (χ1) is 13.8. The fourth-order valence-corrected chi connectivity index (χ4v) is 3.49. The van der Waals surface area contributed by atoms with Crippen LogP contribution in [0.2, 0.25) is 5.02 Å². The monoisotopic (exact) mass is 415 g/mol. The van der Waals surface area contributed by atoms with E-state index in [4.69, 9.17) is 16.3 Å². The highest BCUT2D eigenvalue weighted by Gasteiger charge is 2.36. The van der Waals surface area contributed by atoms with Gasteiger partial charge in [-0.25, -0.2) is 4.79 Å². The van der Waals surface area contributed by atoms with Gasteiger partial charge in [-0.3, -0.25) is 19.8 Å². The molecule has 1 aromatic carbocycles. The number of nitrogens with zero attached hydrogens (tertiary/aromatic N) is 2. The van der Waals surface area contributed by atoms with Gasteiger partial charge in [-0.2, -0.15) is 0 Å². The van der Waals surface area contributed by atoms with Crippen molar-refractivity contribution in [2.45, 2.75) is 26.9 Å². The highest BCUT2D eigenvalue weighted by molar-refractivity contribution is 6.32. The van der Waals surface area contributed by atoms with Crippen LogP contribution < -0.4 is 5.32 Å². The molecule has 1 aliphatic heterocycles. The Morgan fingerprint density at radius 2 is 1.90 bits per heavy atom. The number of rotatable bonds is 6. The van der Waals surface area contributed by atoms with Gasteiger partial charge in [0.25, 0.3) is 11.8 Å². The topological polar surface area (TPSA) is 80.6 Å². The first kappa shape index (κ1) is 20.8. The Balaban J connectivity index is 1.93. The molecule has 1 aromatic heterocycles. The molecular formula is C21H22ClN3O4. The number of imide groups is 2. The molecule has 0 spiro atoms. The fourth-order valence-electron chi connectivity index (χ4n) is 3.29. The maximum atomic E-state index is 12.9. The summed E-state index contributed by atoms with van der Waals surface area (Å²) >= 11 is 6.15. The van der Waals surface area contributed by atoms with E-state index in [9.17, 15) is 14.4 Å². The molecule has 2 aromatic rings. The van der Waals surface area contributed by atoms with Crippen LogP contribution >= 0.6 is 11.6 Å². The number of urea groups is 1. The summed E-state index contributed by atoms with van der Waals surface area (Å²) in [6, 6.07) is 8.07. The third-order valence-corrected chi connectivity index (χ3v) is 5.27. The first-order valence-electron chi connectivity index (χ1n) is 9.11. The number of halogens is 1. The summed E-state index contributed by atoms with van der Waals surface area (Å²) in [6.45, 7) is 5.04. The molecule has 0 aliphatic carbocycles. The van der Waals surface area contributed by atoms with Crippen LogP contribution in [-0.4, -0.2) is 41.0 Å². The molecule has 152 valence electrons. The number of benzene rings is 1. The standard InChI is InChI=1S/C21H22ClN3O4/c1-13-10-16(14(2)24(13)8-9-29-3)11-17-19(26)23-21(28)25(20(17)27)12-15-6-4-5-7-18(15)22/h4-7,10-11H,8-9,12H2,1-3H3,(H,23,26,28)/b17-11+. The number of nitrogens with one attached hydrogen (secondary N) is 1. The molecule has 3 rings (SSSR count). The quantitative estimate of drug-likeness (QED) is 0.580. The minimum atomic E-state index is -0.761. The van der Waals surface area contributed by atoms with Crippen molar-refractivity contribution in [3.8, 4) is 0 Å². The van der Waals surface area contributed by atoms with Crippen molar-refractivity contribution < 1.29 is 19.1 Å². The molecule has 0 atom stereocenters. The average Bonchev–Trinajstić information content (AvgIpc) is 2.94. The van der Waals surface area contributed by atoms with Crippen molar-refractivity contribution in [2.75, 3.05) is 13.7 Å². The normalized spacial score (nSPS) is 15.9. The van der Waals surface area contributed by atoms with Crippen LogP contribution in [0.15, 0.2) is 35.9 Å². The lowest BCUT2D eigenvalue weighted by atomic mass is 10.1. The van der Waals surface area contributed by atoms with Gasteiger partial charge in [0, 0.05) is 30.1 Å². The van der Waals surface area contributed by atoms with Gasteiger partial charge in [0.15, 0.2) is 0 Å². The Bertz CT molecular complexity index is 1010. The number of amides is 4. The number of aryl methyl sites for hydroxylation is 1. The van der Waals surface area contributed by atoms with Crippen LogP contribution in [0.4, 0.5) is 4.79 Å². The Kier molecular flexibility index (Phi) is 6.20. The summed E-state index contributed by atoms with van der Waals surface area (Å²) < 4.78 is 7.18. The maximum Gasteiger partial charge on any atom is 0.331 e. The molecule has 29 heavy (non-hydrogen) atoms. The van der Waals surface area contributed by atoms with Gasteiger partial charge in [0.2, 0.25) is 0 Å². The third-order valence-electron chi connectivity index (χ3n) is 4.90. The van der Waals surface area contributed by atoms with Crippen molar-refractivity contribution in [3.05, 3.63) is 63.4 Å². The Hall–Kier alpha value is -2.90. The number of carbonyl (C=O) groups is 3. The van der Waals surface area contributed by atoms with Crippen LogP contribution in [0, 0.1) is 13.8 Å². The van der Waals surface area contributed by atoms with Gasteiger partial charge in [-0.15, -0.1) is 0 Å². The lowest BCUT2D eigenvalue weighted by molar-refractivity contribution is -0.130. The summed E-state index contributed by atoms with van der Waals surface area (Å²) in [5, 5.41) is 2.68. The van der Waals surface area contributed by atoms with E-state index < -0.39 is 17.8 Å². The number of carbonyl (C=O) groups excluding carboxylic acids is 3. The number of ether oxygens (including phenoxy) is 1. The first-order valence-corrected chi connectivity index (χ1v) is 9.49. The number of barbiturate groups is 1. The zero-order valence-electron chi connectivity index (χ0n) is 16.5. The second-order valence-corrected chi connectivity index (χ2v) is 7.18. The second-order valence-electron chi connectivity index (χ2n) is 6.77. The smallest absolute Gasteiger partial charge is 0.331 e. The summed E-state index contributed by atoms with van der Waals surface area (Å²) in [4.78, 5) is 38.5. The largest absolute Gasteiger partial charge is 0.383 e. The van der Waals surface area contributed by atoms with Crippen LogP contribution in [0.25, 0.3) is 6.08 Å². The lowest BCUT2D eigenvalue weighted by Crippen LogP contribution is -2.53. The summed E-state index contributed by atoms with van der Waals surface area (Å²) in [5.74, 6) is -1.36. The van der Waals surface area contributed by atoms with Crippen molar-refractivity contribution in [1.29, 1.82) is 0 Å². The second kappa shape index (κ2) is 8.63. The molecule has 0 saturated carbocycles. The molecule has 7 nitrogen and oxygen atoms in total. The van der Waals surface area contributed by atoms with E-state index in [1.54, 1.807) is 31.4 Å². The highest BCUT2D eigenvalue weighted by Crippen LogP contribution is 2.23. The maximum absolute atomic E-state index is 12.9. The number of hydrogen-bond acceptors (Lipinski definition) is 4. The number of aromatic nitrogens is 1. The van der Waals surface area contributed by atoms with Crippen LogP contribution in [0.3, 0.4) is 0 Å². The van der Waals surface area contributed by atoms with Crippen LogP contribution in [0.5, 0.6) is 0 Å².